The summed E-state index contributed by atoms with van der Waals surface area (Å²) in [6.45, 7) is 2.43. The van der Waals surface area contributed by atoms with E-state index < -0.39 is 0 Å². The highest BCUT2D eigenvalue weighted by atomic mass is 19.1. The number of nitrogen functional groups attached to an aromatic ring is 1. The summed E-state index contributed by atoms with van der Waals surface area (Å²) in [4.78, 5) is 0. The Hall–Kier alpha value is -1.35. The van der Waals surface area contributed by atoms with Crippen LogP contribution in [0.3, 0.4) is 0 Å². The van der Waals surface area contributed by atoms with Gasteiger partial charge in [0.05, 0.1) is 0 Å². The number of benzene rings is 1. The summed E-state index contributed by atoms with van der Waals surface area (Å²) < 4.78 is 13.3. The molecule has 0 amide bonds. The molecule has 76 valence electrons. The summed E-state index contributed by atoms with van der Waals surface area (Å²) in [6.07, 6.45) is 4.34. The van der Waals surface area contributed by atoms with Gasteiger partial charge in [-0.2, -0.15) is 0 Å². The van der Waals surface area contributed by atoms with Gasteiger partial charge in [-0.25, -0.2) is 4.39 Å². The second kappa shape index (κ2) is 4.77. The largest absolute Gasteiger partial charge is 0.398 e. The molecule has 0 aliphatic rings. The summed E-state index contributed by atoms with van der Waals surface area (Å²) in [5, 5.41) is 0. The van der Waals surface area contributed by atoms with Crippen molar-refractivity contribution in [2.24, 2.45) is 5.73 Å². The summed E-state index contributed by atoms with van der Waals surface area (Å²) >= 11 is 0. The fraction of sp³-hybridized carbons (Fsp3) is 0.273. The maximum Gasteiger partial charge on any atom is 0.132 e. The molecule has 0 aliphatic carbocycles. The topological polar surface area (TPSA) is 52.0 Å². The SMILES string of the molecule is Cc1cc(C=CCCN)c(F)cc1N. The molecular weight excluding hydrogens is 179 g/mol. The first-order chi connectivity index (χ1) is 6.65. The third-order valence-electron chi connectivity index (χ3n) is 2.02. The number of anilines is 1. The van der Waals surface area contributed by atoms with Gasteiger partial charge in [0.2, 0.25) is 0 Å². The van der Waals surface area contributed by atoms with Crippen molar-refractivity contribution < 1.29 is 4.39 Å². The van der Waals surface area contributed by atoms with Gasteiger partial charge in [0.1, 0.15) is 5.82 Å². The zero-order valence-electron chi connectivity index (χ0n) is 8.26. The molecule has 0 radical (unpaired) electrons. The van der Waals surface area contributed by atoms with Crippen LogP contribution >= 0.6 is 0 Å². The van der Waals surface area contributed by atoms with Gasteiger partial charge in [-0.3, -0.25) is 0 Å². The van der Waals surface area contributed by atoms with E-state index in [0.717, 1.165) is 12.0 Å². The number of nitrogens with two attached hydrogens (primary N) is 2. The Kier molecular flexibility index (Phi) is 3.65. The highest BCUT2D eigenvalue weighted by Gasteiger charge is 2.01. The number of aryl methyl sites for hydroxylation is 1. The van der Waals surface area contributed by atoms with Crippen LogP contribution < -0.4 is 11.5 Å². The van der Waals surface area contributed by atoms with Crippen LogP contribution in [-0.2, 0) is 0 Å². The third-order valence-corrected chi connectivity index (χ3v) is 2.02. The minimum atomic E-state index is -0.290. The van der Waals surface area contributed by atoms with Gasteiger partial charge < -0.3 is 11.5 Å². The van der Waals surface area contributed by atoms with Crippen molar-refractivity contribution in [1.29, 1.82) is 0 Å². The molecule has 0 fully saturated rings. The Balaban J connectivity index is 2.92. The van der Waals surface area contributed by atoms with E-state index in [4.69, 9.17) is 11.5 Å². The molecule has 14 heavy (non-hydrogen) atoms. The first-order valence-electron chi connectivity index (χ1n) is 4.57. The highest BCUT2D eigenvalue weighted by Crippen LogP contribution is 2.18. The molecule has 2 nitrogen and oxygen atoms in total. The molecule has 0 atom stereocenters. The predicted molar refractivity (Wildman–Crippen MR) is 58.3 cm³/mol. The average Bonchev–Trinajstić information content (AvgIpc) is 2.14. The molecule has 0 aliphatic heterocycles. The zero-order chi connectivity index (χ0) is 10.6. The van der Waals surface area contributed by atoms with Crippen LogP contribution in [0.5, 0.6) is 0 Å². The van der Waals surface area contributed by atoms with Crippen molar-refractivity contribution in [2.45, 2.75) is 13.3 Å². The van der Waals surface area contributed by atoms with Gasteiger partial charge >= 0.3 is 0 Å². The van der Waals surface area contributed by atoms with Gasteiger partial charge in [0.15, 0.2) is 0 Å². The van der Waals surface area contributed by atoms with Crippen LogP contribution in [0.4, 0.5) is 10.1 Å². The first kappa shape index (κ1) is 10.7. The van der Waals surface area contributed by atoms with Crippen molar-refractivity contribution in [1.82, 2.24) is 0 Å². The molecule has 0 saturated carbocycles. The average molecular weight is 194 g/mol. The van der Waals surface area contributed by atoms with E-state index in [2.05, 4.69) is 0 Å². The molecule has 0 unspecified atom stereocenters. The van der Waals surface area contributed by atoms with Crippen molar-refractivity contribution in [3.8, 4) is 0 Å². The third kappa shape index (κ3) is 2.57. The fourth-order valence-electron chi connectivity index (χ4n) is 1.15. The molecule has 0 heterocycles. The van der Waals surface area contributed by atoms with E-state index in [1.165, 1.54) is 6.07 Å². The minimum absolute atomic E-state index is 0.290. The molecule has 1 aromatic rings. The van der Waals surface area contributed by atoms with Crippen molar-refractivity contribution in [3.63, 3.8) is 0 Å². The lowest BCUT2D eigenvalue weighted by molar-refractivity contribution is 0.625. The molecule has 0 bridgehead atoms. The van der Waals surface area contributed by atoms with Crippen LogP contribution in [0.25, 0.3) is 6.08 Å². The highest BCUT2D eigenvalue weighted by molar-refractivity contribution is 5.58. The lowest BCUT2D eigenvalue weighted by Gasteiger charge is -2.03. The maximum absolute atomic E-state index is 13.3. The quantitative estimate of drug-likeness (QED) is 0.724. The molecule has 0 saturated heterocycles. The fourth-order valence-corrected chi connectivity index (χ4v) is 1.15. The summed E-state index contributed by atoms with van der Waals surface area (Å²) in [6, 6.07) is 3.08. The Labute approximate surface area is 83.4 Å². The standard InChI is InChI=1S/C11H15FN2/c1-8-6-9(4-2-3-5-13)10(12)7-11(8)14/h2,4,6-7H,3,5,13-14H2,1H3. The van der Waals surface area contributed by atoms with E-state index in [1.54, 1.807) is 12.1 Å². The molecule has 0 spiro atoms. The van der Waals surface area contributed by atoms with E-state index in [1.807, 2.05) is 13.0 Å². The summed E-state index contributed by atoms with van der Waals surface area (Å²) in [5.41, 5.74) is 12.8. The molecular formula is C11H15FN2. The van der Waals surface area contributed by atoms with Crippen molar-refractivity contribution in [3.05, 3.63) is 35.2 Å². The van der Waals surface area contributed by atoms with E-state index >= 15 is 0 Å². The summed E-state index contributed by atoms with van der Waals surface area (Å²) in [5.74, 6) is -0.290. The number of hydrogen-bond donors (Lipinski definition) is 2. The maximum atomic E-state index is 13.3. The van der Waals surface area contributed by atoms with Crippen molar-refractivity contribution >= 4 is 11.8 Å². The normalized spacial score (nSPS) is 11.1. The van der Waals surface area contributed by atoms with Gasteiger partial charge in [0.25, 0.3) is 0 Å². The van der Waals surface area contributed by atoms with Crippen LogP contribution in [0.1, 0.15) is 17.5 Å². The lowest BCUT2D eigenvalue weighted by atomic mass is 10.1. The Morgan fingerprint density at radius 3 is 2.79 bits per heavy atom. The Morgan fingerprint density at radius 2 is 2.14 bits per heavy atom. The smallest absolute Gasteiger partial charge is 0.132 e. The monoisotopic (exact) mass is 194 g/mol. The molecule has 3 heteroatoms. The molecule has 1 rings (SSSR count). The Bertz CT molecular complexity index is 345. The van der Waals surface area contributed by atoms with Gasteiger partial charge in [-0.1, -0.05) is 12.2 Å². The van der Waals surface area contributed by atoms with Gasteiger partial charge in [-0.15, -0.1) is 0 Å². The Morgan fingerprint density at radius 1 is 1.43 bits per heavy atom. The van der Waals surface area contributed by atoms with Crippen LogP contribution in [0.2, 0.25) is 0 Å². The van der Waals surface area contributed by atoms with Gasteiger partial charge in [0, 0.05) is 11.3 Å². The summed E-state index contributed by atoms with van der Waals surface area (Å²) in [7, 11) is 0. The van der Waals surface area contributed by atoms with Crippen LogP contribution in [0, 0.1) is 12.7 Å². The minimum Gasteiger partial charge on any atom is -0.398 e. The second-order valence-electron chi connectivity index (χ2n) is 3.21. The number of halogens is 1. The predicted octanol–water partition coefficient (Wildman–Crippen LogP) is 2.08. The van der Waals surface area contributed by atoms with E-state index in [9.17, 15) is 4.39 Å². The number of hydrogen-bond acceptors (Lipinski definition) is 2. The van der Waals surface area contributed by atoms with E-state index in [0.29, 0.717) is 17.8 Å². The first-order valence-corrected chi connectivity index (χ1v) is 4.57. The van der Waals surface area contributed by atoms with Gasteiger partial charge in [-0.05, 0) is 37.6 Å². The molecule has 4 N–H and O–H groups in total. The zero-order valence-corrected chi connectivity index (χ0v) is 8.26. The van der Waals surface area contributed by atoms with Crippen molar-refractivity contribution in [2.75, 3.05) is 12.3 Å². The second-order valence-corrected chi connectivity index (χ2v) is 3.21. The van der Waals surface area contributed by atoms with E-state index in [-0.39, 0.29) is 5.82 Å². The molecule has 0 aromatic heterocycles. The van der Waals surface area contributed by atoms with Crippen LogP contribution in [-0.4, -0.2) is 6.54 Å². The number of rotatable bonds is 3. The van der Waals surface area contributed by atoms with Crippen LogP contribution in [0.15, 0.2) is 18.2 Å². The lowest BCUT2D eigenvalue weighted by Crippen LogP contribution is -1.96. The molecule has 1 aromatic carbocycles.